The van der Waals surface area contributed by atoms with Gasteiger partial charge in [-0.2, -0.15) is 0 Å². The van der Waals surface area contributed by atoms with Crippen molar-refractivity contribution >= 4 is 17.8 Å². The van der Waals surface area contributed by atoms with Crippen LogP contribution in [0.3, 0.4) is 0 Å². The van der Waals surface area contributed by atoms with E-state index >= 15 is 0 Å². The molecular formula is C28H35NO3. The van der Waals surface area contributed by atoms with Gasteiger partial charge in [0.15, 0.2) is 0 Å². The second kappa shape index (κ2) is 7.90. The predicted octanol–water partition coefficient (Wildman–Crippen LogP) is 6.40. The molecule has 0 spiro atoms. The summed E-state index contributed by atoms with van der Waals surface area (Å²) in [5.41, 5.74) is 4.92. The van der Waals surface area contributed by atoms with Crippen LogP contribution in [0.1, 0.15) is 71.3 Å². The molecule has 6 atom stereocenters. The summed E-state index contributed by atoms with van der Waals surface area (Å²) in [6.07, 6.45) is 12.0. The van der Waals surface area contributed by atoms with Crippen LogP contribution in [-0.4, -0.2) is 23.0 Å². The minimum atomic E-state index is -0.166. The van der Waals surface area contributed by atoms with E-state index in [1.165, 1.54) is 30.1 Å². The van der Waals surface area contributed by atoms with Crippen molar-refractivity contribution in [1.82, 2.24) is 0 Å². The quantitative estimate of drug-likeness (QED) is 0.254. The van der Waals surface area contributed by atoms with Crippen LogP contribution in [0.4, 0.5) is 0 Å². The maximum Gasteiger partial charge on any atom is 0.302 e. The molecular weight excluding hydrogens is 398 g/mol. The van der Waals surface area contributed by atoms with Crippen molar-refractivity contribution in [2.24, 2.45) is 33.7 Å². The first kappa shape index (κ1) is 21.5. The zero-order valence-corrected chi connectivity index (χ0v) is 19.5. The lowest BCUT2D eigenvalue weighted by Gasteiger charge is -2.57. The van der Waals surface area contributed by atoms with Crippen molar-refractivity contribution in [3.63, 3.8) is 0 Å². The van der Waals surface area contributed by atoms with E-state index in [9.17, 15) is 10.0 Å². The first-order valence-corrected chi connectivity index (χ1v) is 12.2. The zero-order valence-electron chi connectivity index (χ0n) is 19.5. The lowest BCUT2D eigenvalue weighted by Crippen LogP contribution is -2.50. The monoisotopic (exact) mass is 433 g/mol. The van der Waals surface area contributed by atoms with Crippen LogP contribution in [0.25, 0.3) is 6.08 Å². The smallest absolute Gasteiger partial charge is 0.302 e. The largest absolute Gasteiger partial charge is 0.462 e. The Hall–Kier alpha value is -2.36. The molecule has 3 fully saturated rings. The summed E-state index contributed by atoms with van der Waals surface area (Å²) in [7, 11) is 0. The number of carbonyl (C=O) groups excluding carboxylic acids is 1. The van der Waals surface area contributed by atoms with Gasteiger partial charge in [0.25, 0.3) is 0 Å². The van der Waals surface area contributed by atoms with Crippen molar-refractivity contribution in [1.29, 1.82) is 0 Å². The molecule has 1 N–H and O–H groups in total. The Kier molecular flexibility index (Phi) is 5.30. The number of ether oxygens (including phenoxy) is 1. The van der Waals surface area contributed by atoms with Crippen molar-refractivity contribution in [2.45, 2.75) is 71.8 Å². The third-order valence-electron chi connectivity index (χ3n) is 9.31. The molecule has 3 saturated carbocycles. The average molecular weight is 434 g/mol. The van der Waals surface area contributed by atoms with E-state index in [1.54, 1.807) is 0 Å². The van der Waals surface area contributed by atoms with E-state index in [0.717, 1.165) is 44.2 Å². The molecule has 4 aliphatic rings. The summed E-state index contributed by atoms with van der Waals surface area (Å²) in [6.45, 7) is 6.30. The predicted molar refractivity (Wildman–Crippen MR) is 126 cm³/mol. The molecule has 0 amide bonds. The molecule has 0 unspecified atom stereocenters. The first-order chi connectivity index (χ1) is 15.3. The van der Waals surface area contributed by atoms with Gasteiger partial charge < -0.3 is 9.94 Å². The summed E-state index contributed by atoms with van der Waals surface area (Å²) in [4.78, 5) is 11.5. The Labute approximate surface area is 191 Å². The molecule has 0 bridgehead atoms. The number of benzene rings is 1. The average Bonchev–Trinajstić information content (AvgIpc) is 3.05. The van der Waals surface area contributed by atoms with E-state index < -0.39 is 0 Å². The molecule has 4 nitrogen and oxygen atoms in total. The summed E-state index contributed by atoms with van der Waals surface area (Å²) in [6, 6.07) is 10.4. The highest BCUT2D eigenvalue weighted by molar-refractivity contribution is 6.09. The molecule has 0 heterocycles. The molecule has 1 aromatic carbocycles. The molecule has 5 rings (SSSR count). The fraction of sp³-hybridized carbons (Fsp3) is 0.571. The second-order valence-corrected chi connectivity index (χ2v) is 10.9. The first-order valence-electron chi connectivity index (χ1n) is 12.2. The third kappa shape index (κ3) is 3.34. The molecule has 0 radical (unpaired) electrons. The summed E-state index contributed by atoms with van der Waals surface area (Å²) in [5, 5.41) is 13.9. The molecule has 170 valence electrons. The maximum absolute atomic E-state index is 11.5. The third-order valence-corrected chi connectivity index (χ3v) is 9.31. The van der Waals surface area contributed by atoms with Crippen LogP contribution in [-0.2, 0) is 9.53 Å². The number of hydrogen-bond acceptors (Lipinski definition) is 4. The standard InChI is InChI=1S/C28H35NO3/c1-18(30)32-22-11-13-27(2)21(17-22)9-10-23-24(27)12-14-28(3)25(23)16-20(26(28)29-31)15-19-7-5-4-6-8-19/h4-9,15,22-25,31H,10-14,16-17H2,1-3H3/t22-,23+,24-,25-,27-,28-/m0/s1. The SMILES string of the molecule is CC(=O)O[C@H]1CC[C@@]2(C)C(=CC[C@@H]3[C@@H]2CC[C@]2(C)C(=NO)C(=Cc4ccccc4)C[C@@H]32)C1. The van der Waals surface area contributed by atoms with Gasteiger partial charge in [-0.1, -0.05) is 61.0 Å². The number of rotatable bonds is 2. The number of fused-ring (bicyclic) bond motifs is 5. The maximum atomic E-state index is 11.5. The van der Waals surface area contributed by atoms with E-state index in [1.807, 2.05) is 6.07 Å². The number of hydrogen-bond donors (Lipinski definition) is 1. The van der Waals surface area contributed by atoms with Gasteiger partial charge in [0, 0.05) is 18.8 Å². The van der Waals surface area contributed by atoms with Gasteiger partial charge >= 0.3 is 5.97 Å². The molecule has 0 saturated heterocycles. The highest BCUT2D eigenvalue weighted by atomic mass is 16.5. The van der Waals surface area contributed by atoms with Gasteiger partial charge in [-0.05, 0) is 78.9 Å². The molecule has 4 heteroatoms. The number of nitrogens with zero attached hydrogens (tertiary/aromatic N) is 1. The van der Waals surface area contributed by atoms with Crippen molar-refractivity contribution in [2.75, 3.05) is 0 Å². The number of allylic oxidation sites excluding steroid dienone is 2. The van der Waals surface area contributed by atoms with Crippen molar-refractivity contribution in [3.8, 4) is 0 Å². The Morgan fingerprint density at radius 2 is 1.84 bits per heavy atom. The van der Waals surface area contributed by atoms with E-state index in [0.29, 0.717) is 17.8 Å². The summed E-state index contributed by atoms with van der Waals surface area (Å²) in [5.74, 6) is 1.59. The number of oxime groups is 1. The number of carbonyl (C=O) groups is 1. The van der Waals surface area contributed by atoms with Gasteiger partial charge in [-0.15, -0.1) is 0 Å². The molecule has 1 aromatic rings. The van der Waals surface area contributed by atoms with Gasteiger partial charge in [-0.25, -0.2) is 0 Å². The van der Waals surface area contributed by atoms with Crippen LogP contribution in [0.2, 0.25) is 0 Å². The van der Waals surface area contributed by atoms with Crippen LogP contribution in [0.5, 0.6) is 0 Å². The Balaban J connectivity index is 1.45. The minimum absolute atomic E-state index is 0.0391. The lowest BCUT2D eigenvalue weighted by atomic mass is 9.48. The van der Waals surface area contributed by atoms with Crippen LogP contribution >= 0.6 is 0 Å². The molecule has 32 heavy (non-hydrogen) atoms. The van der Waals surface area contributed by atoms with E-state index in [-0.39, 0.29) is 22.9 Å². The Bertz CT molecular complexity index is 993. The van der Waals surface area contributed by atoms with Gasteiger partial charge in [0.05, 0.1) is 5.71 Å². The zero-order chi connectivity index (χ0) is 22.5. The Morgan fingerprint density at radius 3 is 2.56 bits per heavy atom. The van der Waals surface area contributed by atoms with E-state index in [4.69, 9.17) is 4.74 Å². The van der Waals surface area contributed by atoms with Crippen molar-refractivity contribution < 1.29 is 14.7 Å². The summed E-state index contributed by atoms with van der Waals surface area (Å²) < 4.78 is 5.58. The fourth-order valence-electron chi connectivity index (χ4n) is 7.71. The van der Waals surface area contributed by atoms with Crippen LogP contribution in [0, 0.1) is 28.6 Å². The number of esters is 1. The second-order valence-electron chi connectivity index (χ2n) is 10.9. The molecule has 0 aliphatic heterocycles. The van der Waals surface area contributed by atoms with Crippen LogP contribution in [0.15, 0.2) is 52.7 Å². The normalized spacial score (nSPS) is 40.9. The Morgan fingerprint density at radius 1 is 1.09 bits per heavy atom. The topological polar surface area (TPSA) is 58.9 Å². The van der Waals surface area contributed by atoms with Gasteiger partial charge in [0.2, 0.25) is 0 Å². The molecule has 0 aromatic heterocycles. The lowest BCUT2D eigenvalue weighted by molar-refractivity contribution is -0.148. The van der Waals surface area contributed by atoms with Gasteiger partial charge in [0.1, 0.15) is 6.10 Å². The molecule has 4 aliphatic carbocycles. The van der Waals surface area contributed by atoms with E-state index in [2.05, 4.69) is 55.4 Å². The van der Waals surface area contributed by atoms with Crippen LogP contribution < -0.4 is 0 Å². The highest BCUT2D eigenvalue weighted by Crippen LogP contribution is 2.65. The summed E-state index contributed by atoms with van der Waals surface area (Å²) >= 11 is 0. The fourth-order valence-corrected chi connectivity index (χ4v) is 7.71. The highest BCUT2D eigenvalue weighted by Gasteiger charge is 2.59. The van der Waals surface area contributed by atoms with Gasteiger partial charge in [-0.3, -0.25) is 4.79 Å². The minimum Gasteiger partial charge on any atom is -0.462 e. The van der Waals surface area contributed by atoms with Crippen molar-refractivity contribution in [3.05, 3.63) is 53.1 Å².